The molecule has 0 aromatic rings. The van der Waals surface area contributed by atoms with Gasteiger partial charge in [0.2, 0.25) is 5.91 Å². The van der Waals surface area contributed by atoms with Gasteiger partial charge in [0.15, 0.2) is 12.4 Å². The Morgan fingerprint density at radius 2 is 1.71 bits per heavy atom. The van der Waals surface area contributed by atoms with E-state index in [2.05, 4.69) is 5.32 Å². The molecule has 2 heterocycles. The first-order chi connectivity index (χ1) is 13.1. The highest BCUT2D eigenvalue weighted by molar-refractivity contribution is 5.73. The Labute approximate surface area is 160 Å². The summed E-state index contributed by atoms with van der Waals surface area (Å²) in [6.45, 7) is 2.28. The van der Waals surface area contributed by atoms with E-state index >= 15 is 0 Å². The van der Waals surface area contributed by atoms with Crippen molar-refractivity contribution in [3.8, 4) is 0 Å². The molecule has 3 unspecified atom stereocenters. The van der Waals surface area contributed by atoms with Crippen molar-refractivity contribution in [1.29, 1.82) is 0 Å². The summed E-state index contributed by atoms with van der Waals surface area (Å²) in [5, 5.41) is 52.2. The summed E-state index contributed by atoms with van der Waals surface area (Å²) in [4.78, 5) is 23.0. The van der Waals surface area contributed by atoms with E-state index in [1.807, 2.05) is 0 Å². The molecule has 28 heavy (non-hydrogen) atoms. The highest BCUT2D eigenvalue weighted by Gasteiger charge is 2.52. The van der Waals surface area contributed by atoms with E-state index < -0.39 is 79.6 Å². The fourth-order valence-corrected chi connectivity index (χ4v) is 3.45. The Morgan fingerprint density at radius 1 is 1.07 bits per heavy atom. The second-order valence-corrected chi connectivity index (χ2v) is 6.82. The molecule has 162 valence electrons. The second kappa shape index (κ2) is 9.41. The molecule has 0 radical (unpaired) electrons. The van der Waals surface area contributed by atoms with Crippen molar-refractivity contribution in [3.63, 3.8) is 0 Å². The van der Waals surface area contributed by atoms with Crippen LogP contribution in [0.3, 0.4) is 0 Å². The van der Waals surface area contributed by atoms with Crippen LogP contribution in [0.25, 0.3) is 0 Å². The van der Waals surface area contributed by atoms with Crippen molar-refractivity contribution in [2.45, 2.75) is 75.0 Å². The zero-order valence-corrected chi connectivity index (χ0v) is 15.7. The molecule has 2 fully saturated rings. The molecule has 10 atom stereocenters. The van der Waals surface area contributed by atoms with Gasteiger partial charge < -0.3 is 49.8 Å². The smallest absolute Gasteiger partial charge is 0.335 e. The number of carbonyl (C=O) groups is 2. The molecule has 6 N–H and O–H groups in total. The topological polar surface area (TPSA) is 184 Å². The number of aliphatic hydroxyl groups excluding tert-OH is 4. The first kappa shape index (κ1) is 22.9. The average Bonchev–Trinajstić information content (AvgIpc) is 2.63. The quantitative estimate of drug-likeness (QED) is 0.256. The van der Waals surface area contributed by atoms with Gasteiger partial charge in [0.25, 0.3) is 0 Å². The normalized spacial score (nSPS) is 44.1. The molecule has 1 amide bonds. The molecule has 0 bridgehead atoms. The molecule has 0 saturated carbocycles. The van der Waals surface area contributed by atoms with Crippen LogP contribution in [-0.2, 0) is 28.5 Å². The van der Waals surface area contributed by atoms with E-state index in [0.717, 1.165) is 7.11 Å². The molecular weight excluding hydrogens is 382 g/mol. The van der Waals surface area contributed by atoms with E-state index in [4.69, 9.17) is 18.9 Å². The molecule has 0 aromatic heterocycles. The third-order valence-electron chi connectivity index (χ3n) is 4.87. The third-order valence-corrected chi connectivity index (χ3v) is 4.87. The van der Waals surface area contributed by atoms with Crippen LogP contribution in [0.5, 0.6) is 0 Å². The maximum atomic E-state index is 11.5. The summed E-state index contributed by atoms with van der Waals surface area (Å²) in [6.07, 6.45) is -12.4. The molecule has 2 aliphatic rings. The fraction of sp³-hybridized carbons (Fsp3) is 0.875. The van der Waals surface area contributed by atoms with Crippen LogP contribution in [0.15, 0.2) is 0 Å². The Balaban J connectivity index is 2.26. The maximum Gasteiger partial charge on any atom is 0.335 e. The summed E-state index contributed by atoms with van der Waals surface area (Å²) in [5.41, 5.74) is 0. The van der Waals surface area contributed by atoms with Crippen molar-refractivity contribution >= 4 is 11.9 Å². The number of carboxylic acid groups (broad SMARTS) is 1. The molecule has 12 nitrogen and oxygen atoms in total. The number of nitrogens with one attached hydrogen (secondary N) is 1. The molecule has 0 aliphatic carbocycles. The van der Waals surface area contributed by atoms with Gasteiger partial charge >= 0.3 is 5.97 Å². The minimum atomic E-state index is -1.70. The minimum Gasteiger partial charge on any atom is -0.479 e. The summed E-state index contributed by atoms with van der Waals surface area (Å²) in [7, 11) is 1.16. The monoisotopic (exact) mass is 409 g/mol. The van der Waals surface area contributed by atoms with E-state index in [-0.39, 0.29) is 0 Å². The molecular formula is C16H27NO11. The number of amides is 1. The van der Waals surface area contributed by atoms with Gasteiger partial charge in [-0.25, -0.2) is 4.79 Å². The SMILES string of the molecule is CO[C@@H]1C(C(=O)O)O[C@@H](O[C@@H]2[C@H](NC(C)=O)[C@@H](C)OC(CO)[C@H]2O)C(O)[C@H]1O. The van der Waals surface area contributed by atoms with Crippen LogP contribution < -0.4 is 5.32 Å². The molecule has 2 aliphatic heterocycles. The predicted molar refractivity (Wildman–Crippen MR) is 89.0 cm³/mol. The van der Waals surface area contributed by atoms with Crippen molar-refractivity contribution < 1.29 is 54.1 Å². The number of aliphatic carboxylic acids is 1. The van der Waals surface area contributed by atoms with Crippen LogP contribution >= 0.6 is 0 Å². The molecule has 0 spiro atoms. The van der Waals surface area contributed by atoms with Crippen LogP contribution in [0, 0.1) is 0 Å². The van der Waals surface area contributed by atoms with Gasteiger partial charge in [-0.2, -0.15) is 0 Å². The number of carbonyl (C=O) groups excluding carboxylic acids is 1. The largest absolute Gasteiger partial charge is 0.479 e. The van der Waals surface area contributed by atoms with Crippen LogP contribution in [-0.4, -0.2) is 112 Å². The number of methoxy groups -OCH3 is 1. The van der Waals surface area contributed by atoms with Gasteiger partial charge in [-0.15, -0.1) is 0 Å². The van der Waals surface area contributed by atoms with Crippen molar-refractivity contribution in [2.24, 2.45) is 0 Å². The van der Waals surface area contributed by atoms with Crippen LogP contribution in [0.2, 0.25) is 0 Å². The molecule has 2 saturated heterocycles. The lowest BCUT2D eigenvalue weighted by Gasteiger charge is -2.47. The van der Waals surface area contributed by atoms with Crippen molar-refractivity contribution in [2.75, 3.05) is 13.7 Å². The number of hydrogen-bond acceptors (Lipinski definition) is 10. The Kier molecular flexibility index (Phi) is 7.70. The van der Waals surface area contributed by atoms with Crippen LogP contribution in [0.4, 0.5) is 0 Å². The fourth-order valence-electron chi connectivity index (χ4n) is 3.45. The number of ether oxygens (including phenoxy) is 4. The second-order valence-electron chi connectivity index (χ2n) is 6.82. The highest BCUT2D eigenvalue weighted by Crippen LogP contribution is 2.30. The first-order valence-corrected chi connectivity index (χ1v) is 8.76. The highest BCUT2D eigenvalue weighted by atomic mass is 16.7. The number of aliphatic hydroxyl groups is 4. The van der Waals surface area contributed by atoms with Crippen LogP contribution in [0.1, 0.15) is 13.8 Å². The van der Waals surface area contributed by atoms with E-state index in [9.17, 15) is 35.1 Å². The van der Waals surface area contributed by atoms with Gasteiger partial charge in [-0.05, 0) is 6.92 Å². The van der Waals surface area contributed by atoms with Crippen molar-refractivity contribution in [1.82, 2.24) is 5.32 Å². The maximum absolute atomic E-state index is 11.5. The molecule has 12 heteroatoms. The lowest BCUT2D eigenvalue weighted by molar-refractivity contribution is -0.327. The van der Waals surface area contributed by atoms with E-state index in [0.29, 0.717) is 0 Å². The third kappa shape index (κ3) is 4.60. The van der Waals surface area contributed by atoms with E-state index in [1.165, 1.54) is 6.92 Å². The number of rotatable bonds is 6. The zero-order chi connectivity index (χ0) is 21.2. The zero-order valence-electron chi connectivity index (χ0n) is 15.7. The predicted octanol–water partition coefficient (Wildman–Crippen LogP) is -3.44. The van der Waals surface area contributed by atoms with Gasteiger partial charge in [-0.1, -0.05) is 0 Å². The Bertz CT molecular complexity index is 561. The summed E-state index contributed by atoms with van der Waals surface area (Å²) >= 11 is 0. The molecule has 2 rings (SSSR count). The number of hydrogen-bond donors (Lipinski definition) is 6. The Hall–Kier alpha value is -1.38. The lowest BCUT2D eigenvalue weighted by atomic mass is 9.92. The first-order valence-electron chi connectivity index (χ1n) is 8.76. The standard InChI is InChI=1S/C16H27NO11/c1-5-8(17-6(2)19)12(9(20)7(4-18)26-5)27-16-11(22)10(21)13(25-3)14(28-16)15(23)24/h5,7-14,16,18,20-22H,4H2,1-3H3,(H,17,19)(H,23,24)/t5-,7?,8-,9-,10-,11?,12-,13+,14?,16-/m1/s1. The van der Waals surface area contributed by atoms with Gasteiger partial charge in [-0.3, -0.25) is 4.79 Å². The van der Waals surface area contributed by atoms with E-state index in [1.54, 1.807) is 6.92 Å². The minimum absolute atomic E-state index is 0.447. The summed E-state index contributed by atoms with van der Waals surface area (Å²) in [6, 6.07) is -0.897. The summed E-state index contributed by atoms with van der Waals surface area (Å²) < 4.78 is 21.2. The Morgan fingerprint density at radius 3 is 2.21 bits per heavy atom. The lowest BCUT2D eigenvalue weighted by Crippen LogP contribution is -2.67. The summed E-state index contributed by atoms with van der Waals surface area (Å²) in [5.74, 6) is -1.89. The number of carboxylic acids is 1. The van der Waals surface area contributed by atoms with Gasteiger partial charge in [0.1, 0.15) is 36.6 Å². The van der Waals surface area contributed by atoms with Crippen molar-refractivity contribution in [3.05, 3.63) is 0 Å². The van der Waals surface area contributed by atoms with Gasteiger partial charge in [0.05, 0.1) is 18.8 Å². The average molecular weight is 409 g/mol. The molecule has 0 aromatic carbocycles. The van der Waals surface area contributed by atoms with Gasteiger partial charge in [0, 0.05) is 14.0 Å².